The Balaban J connectivity index is 2.14. The SMILES string of the molecule is CCCCC(NC(=O)c1ccc(N(C)S(C)(=O)=O)cc1)c1cccnc1. The maximum Gasteiger partial charge on any atom is 0.251 e. The largest absolute Gasteiger partial charge is 0.345 e. The number of nitrogens with zero attached hydrogens (tertiary/aromatic N) is 2. The highest BCUT2D eigenvalue weighted by molar-refractivity contribution is 7.92. The zero-order valence-corrected chi connectivity index (χ0v) is 16.2. The van der Waals surface area contributed by atoms with E-state index in [0.29, 0.717) is 11.3 Å². The van der Waals surface area contributed by atoms with Gasteiger partial charge in [0.1, 0.15) is 0 Å². The lowest BCUT2D eigenvalue weighted by Crippen LogP contribution is -2.29. The molecule has 0 saturated heterocycles. The highest BCUT2D eigenvalue weighted by Crippen LogP contribution is 2.20. The minimum atomic E-state index is -3.33. The molecule has 26 heavy (non-hydrogen) atoms. The van der Waals surface area contributed by atoms with E-state index in [1.165, 1.54) is 11.4 Å². The number of nitrogens with one attached hydrogen (secondary N) is 1. The van der Waals surface area contributed by atoms with Gasteiger partial charge in [-0.1, -0.05) is 25.8 Å². The summed E-state index contributed by atoms with van der Waals surface area (Å²) in [6.45, 7) is 2.11. The molecular weight excluding hydrogens is 350 g/mol. The fourth-order valence-electron chi connectivity index (χ4n) is 2.57. The molecule has 0 aliphatic rings. The quantitative estimate of drug-likeness (QED) is 0.769. The van der Waals surface area contributed by atoms with Crippen molar-refractivity contribution in [2.45, 2.75) is 32.2 Å². The molecule has 7 heteroatoms. The number of unbranched alkanes of at least 4 members (excludes halogenated alkanes) is 1. The number of rotatable bonds is 8. The van der Waals surface area contributed by atoms with Crippen LogP contribution in [0.4, 0.5) is 5.69 Å². The van der Waals surface area contributed by atoms with Gasteiger partial charge in [0.2, 0.25) is 10.0 Å². The molecule has 140 valence electrons. The van der Waals surface area contributed by atoms with Crippen LogP contribution in [0, 0.1) is 0 Å². The van der Waals surface area contributed by atoms with Gasteiger partial charge in [-0.3, -0.25) is 14.1 Å². The third-order valence-corrected chi connectivity index (χ3v) is 5.43. The highest BCUT2D eigenvalue weighted by atomic mass is 32.2. The van der Waals surface area contributed by atoms with E-state index < -0.39 is 10.0 Å². The first-order chi connectivity index (χ1) is 12.3. The molecule has 2 rings (SSSR count). The van der Waals surface area contributed by atoms with Gasteiger partial charge in [-0.05, 0) is 42.3 Å². The zero-order valence-electron chi connectivity index (χ0n) is 15.3. The van der Waals surface area contributed by atoms with Crippen molar-refractivity contribution in [3.63, 3.8) is 0 Å². The van der Waals surface area contributed by atoms with Crippen LogP contribution in [0.25, 0.3) is 0 Å². The third-order valence-electron chi connectivity index (χ3n) is 4.23. The number of amides is 1. The van der Waals surface area contributed by atoms with Crippen molar-refractivity contribution in [3.05, 3.63) is 59.9 Å². The van der Waals surface area contributed by atoms with Crippen molar-refractivity contribution in [3.8, 4) is 0 Å². The van der Waals surface area contributed by atoms with Gasteiger partial charge in [-0.15, -0.1) is 0 Å². The van der Waals surface area contributed by atoms with Crippen LogP contribution in [0.2, 0.25) is 0 Å². The Labute approximate surface area is 155 Å². The molecule has 6 nitrogen and oxygen atoms in total. The lowest BCUT2D eigenvalue weighted by Gasteiger charge is -2.20. The van der Waals surface area contributed by atoms with E-state index in [0.717, 1.165) is 31.1 Å². The normalized spacial score (nSPS) is 12.4. The predicted octanol–water partition coefficient (Wildman–Crippen LogP) is 3.14. The van der Waals surface area contributed by atoms with Crippen LogP contribution in [-0.4, -0.2) is 32.6 Å². The predicted molar refractivity (Wildman–Crippen MR) is 104 cm³/mol. The molecule has 1 N–H and O–H groups in total. The Morgan fingerprint density at radius 3 is 2.46 bits per heavy atom. The van der Waals surface area contributed by atoms with E-state index in [-0.39, 0.29) is 11.9 Å². The molecule has 0 radical (unpaired) electrons. The molecule has 1 amide bonds. The number of carbonyl (C=O) groups excluding carboxylic acids is 1. The first-order valence-electron chi connectivity index (χ1n) is 8.57. The van der Waals surface area contributed by atoms with Crippen LogP contribution in [0.5, 0.6) is 0 Å². The van der Waals surface area contributed by atoms with Gasteiger partial charge in [-0.25, -0.2) is 8.42 Å². The summed E-state index contributed by atoms with van der Waals surface area (Å²) >= 11 is 0. The molecular formula is C19H25N3O3S. The fourth-order valence-corrected chi connectivity index (χ4v) is 3.07. The van der Waals surface area contributed by atoms with Gasteiger partial charge in [0.05, 0.1) is 18.0 Å². The number of anilines is 1. The first-order valence-corrected chi connectivity index (χ1v) is 10.4. The second-order valence-electron chi connectivity index (χ2n) is 6.23. The summed E-state index contributed by atoms with van der Waals surface area (Å²) in [7, 11) is -1.85. The van der Waals surface area contributed by atoms with E-state index in [1.807, 2.05) is 12.1 Å². The fraction of sp³-hybridized carbons (Fsp3) is 0.368. The minimum absolute atomic E-state index is 0.102. The number of pyridine rings is 1. The molecule has 1 heterocycles. The van der Waals surface area contributed by atoms with Crippen LogP contribution < -0.4 is 9.62 Å². The van der Waals surface area contributed by atoms with Gasteiger partial charge in [0, 0.05) is 25.0 Å². The first kappa shape index (κ1) is 19.9. The number of sulfonamides is 1. The molecule has 0 spiro atoms. The average Bonchev–Trinajstić information content (AvgIpc) is 2.64. The zero-order chi connectivity index (χ0) is 19.2. The lowest BCUT2D eigenvalue weighted by atomic mass is 10.0. The molecule has 1 unspecified atom stereocenters. The Morgan fingerprint density at radius 2 is 1.92 bits per heavy atom. The highest BCUT2D eigenvalue weighted by Gasteiger charge is 2.17. The van der Waals surface area contributed by atoms with Crippen molar-refractivity contribution in [2.75, 3.05) is 17.6 Å². The van der Waals surface area contributed by atoms with Crippen LogP contribution in [0.3, 0.4) is 0 Å². The molecule has 0 aliphatic carbocycles. The minimum Gasteiger partial charge on any atom is -0.345 e. The standard InChI is InChI=1S/C19H25N3O3S/c1-4-5-8-18(16-7-6-13-20-14-16)21-19(23)15-9-11-17(12-10-15)22(2)26(3,24)25/h6-7,9-14,18H,4-5,8H2,1-3H3,(H,21,23). The topological polar surface area (TPSA) is 79.4 Å². The van der Waals surface area contributed by atoms with Crippen LogP contribution in [-0.2, 0) is 10.0 Å². The summed E-state index contributed by atoms with van der Waals surface area (Å²) in [5.41, 5.74) is 1.97. The van der Waals surface area contributed by atoms with Crippen molar-refractivity contribution in [1.29, 1.82) is 0 Å². The second kappa shape index (κ2) is 8.80. The average molecular weight is 375 g/mol. The van der Waals surface area contributed by atoms with Crippen LogP contribution in [0.15, 0.2) is 48.8 Å². The summed E-state index contributed by atoms with van der Waals surface area (Å²) in [4.78, 5) is 16.7. The van der Waals surface area contributed by atoms with Gasteiger partial charge in [0.15, 0.2) is 0 Å². The van der Waals surface area contributed by atoms with E-state index in [2.05, 4.69) is 17.2 Å². The lowest BCUT2D eigenvalue weighted by molar-refractivity contribution is 0.0934. The maximum atomic E-state index is 12.6. The second-order valence-corrected chi connectivity index (χ2v) is 8.25. The Bertz CT molecular complexity index is 821. The number of hydrogen-bond donors (Lipinski definition) is 1. The molecule has 0 fully saturated rings. The molecule has 0 aliphatic heterocycles. The summed E-state index contributed by atoms with van der Waals surface area (Å²) in [6, 6.07) is 10.2. The number of carbonyl (C=O) groups is 1. The summed E-state index contributed by atoms with van der Waals surface area (Å²) in [5, 5.41) is 3.05. The summed E-state index contributed by atoms with van der Waals surface area (Å²) in [5.74, 6) is -0.191. The van der Waals surface area contributed by atoms with E-state index in [9.17, 15) is 13.2 Å². The molecule has 1 aromatic carbocycles. The molecule has 0 bridgehead atoms. The van der Waals surface area contributed by atoms with Gasteiger partial charge < -0.3 is 5.32 Å². The summed E-state index contributed by atoms with van der Waals surface area (Å²) in [6.07, 6.45) is 7.49. The van der Waals surface area contributed by atoms with Gasteiger partial charge in [-0.2, -0.15) is 0 Å². The van der Waals surface area contributed by atoms with Crippen molar-refractivity contribution in [2.24, 2.45) is 0 Å². The number of benzene rings is 1. The molecule has 2 aromatic rings. The monoisotopic (exact) mass is 375 g/mol. The maximum absolute atomic E-state index is 12.6. The Kier molecular flexibility index (Phi) is 6.74. The van der Waals surface area contributed by atoms with Crippen LogP contribution >= 0.6 is 0 Å². The number of aromatic nitrogens is 1. The Morgan fingerprint density at radius 1 is 1.23 bits per heavy atom. The van der Waals surface area contributed by atoms with Crippen LogP contribution in [0.1, 0.15) is 48.1 Å². The summed E-state index contributed by atoms with van der Waals surface area (Å²) < 4.78 is 24.4. The third kappa shape index (κ3) is 5.29. The van der Waals surface area contributed by atoms with E-state index in [1.54, 1.807) is 36.7 Å². The van der Waals surface area contributed by atoms with Crippen molar-refractivity contribution in [1.82, 2.24) is 10.3 Å². The number of hydrogen-bond acceptors (Lipinski definition) is 4. The van der Waals surface area contributed by atoms with Gasteiger partial charge >= 0.3 is 0 Å². The van der Waals surface area contributed by atoms with Crippen molar-refractivity contribution < 1.29 is 13.2 Å². The van der Waals surface area contributed by atoms with E-state index >= 15 is 0 Å². The van der Waals surface area contributed by atoms with Crippen molar-refractivity contribution >= 4 is 21.6 Å². The molecule has 0 saturated carbocycles. The molecule has 1 atom stereocenters. The smallest absolute Gasteiger partial charge is 0.251 e. The van der Waals surface area contributed by atoms with Gasteiger partial charge in [0.25, 0.3) is 5.91 Å². The Hall–Kier alpha value is -2.41. The molecule has 1 aromatic heterocycles. The van der Waals surface area contributed by atoms with E-state index in [4.69, 9.17) is 0 Å².